The van der Waals surface area contributed by atoms with Crippen LogP contribution in [0.15, 0.2) is 5.10 Å². The van der Waals surface area contributed by atoms with E-state index >= 15 is 0 Å². The molecule has 0 fully saturated rings. The Morgan fingerprint density at radius 3 is 2.73 bits per heavy atom. The highest BCUT2D eigenvalue weighted by atomic mass is 32.2. The largest absolute Gasteiger partial charge is 0.377 e. The highest BCUT2D eigenvalue weighted by Crippen LogP contribution is 2.06. The molecular formula is C6H15N3S2. The van der Waals surface area contributed by atoms with E-state index in [-0.39, 0.29) is 0 Å². The van der Waals surface area contributed by atoms with Crippen molar-refractivity contribution in [2.45, 2.75) is 13.3 Å². The molecule has 0 aromatic heterocycles. The molecule has 0 aliphatic rings. The summed E-state index contributed by atoms with van der Waals surface area (Å²) in [5.74, 6) is 8.34. The highest BCUT2D eigenvalue weighted by molar-refractivity contribution is 8.13. The van der Waals surface area contributed by atoms with E-state index in [0.29, 0.717) is 5.17 Å². The second-order valence-electron chi connectivity index (χ2n) is 1.87. The SMILES string of the molecule is CCSCCCSC(N)=NN. The van der Waals surface area contributed by atoms with Crippen LogP contribution in [-0.4, -0.2) is 22.4 Å². The number of amidine groups is 1. The summed E-state index contributed by atoms with van der Waals surface area (Å²) >= 11 is 3.46. The second-order valence-corrected chi connectivity index (χ2v) is 4.38. The number of nitrogens with zero attached hydrogens (tertiary/aromatic N) is 1. The molecule has 5 heteroatoms. The third-order valence-corrected chi connectivity index (χ3v) is 2.89. The summed E-state index contributed by atoms with van der Waals surface area (Å²) in [4.78, 5) is 0. The topological polar surface area (TPSA) is 64.4 Å². The fourth-order valence-electron chi connectivity index (χ4n) is 0.519. The van der Waals surface area contributed by atoms with Gasteiger partial charge in [-0.25, -0.2) is 0 Å². The Balaban J connectivity index is 3.02. The van der Waals surface area contributed by atoms with Gasteiger partial charge in [0.15, 0.2) is 5.17 Å². The number of rotatable bonds is 5. The molecule has 0 amide bonds. The summed E-state index contributed by atoms with van der Waals surface area (Å²) in [7, 11) is 0. The van der Waals surface area contributed by atoms with Gasteiger partial charge in [0.2, 0.25) is 0 Å². The monoisotopic (exact) mass is 193 g/mol. The lowest BCUT2D eigenvalue weighted by atomic mass is 10.6. The molecule has 0 aliphatic carbocycles. The van der Waals surface area contributed by atoms with E-state index in [9.17, 15) is 0 Å². The van der Waals surface area contributed by atoms with Crippen molar-refractivity contribution in [3.05, 3.63) is 0 Å². The molecule has 0 atom stereocenters. The van der Waals surface area contributed by atoms with Crippen LogP contribution in [0.1, 0.15) is 13.3 Å². The average molecular weight is 193 g/mol. The van der Waals surface area contributed by atoms with E-state index in [0.717, 1.165) is 5.75 Å². The van der Waals surface area contributed by atoms with E-state index in [2.05, 4.69) is 12.0 Å². The van der Waals surface area contributed by atoms with Crippen LogP contribution < -0.4 is 11.6 Å². The van der Waals surface area contributed by atoms with Crippen molar-refractivity contribution in [2.24, 2.45) is 16.7 Å². The lowest BCUT2D eigenvalue weighted by Crippen LogP contribution is -2.09. The van der Waals surface area contributed by atoms with E-state index in [1.54, 1.807) is 0 Å². The smallest absolute Gasteiger partial charge is 0.177 e. The summed E-state index contributed by atoms with van der Waals surface area (Å²) in [6.45, 7) is 2.16. The predicted molar refractivity (Wildman–Crippen MR) is 55.9 cm³/mol. The first-order valence-electron chi connectivity index (χ1n) is 3.55. The molecule has 0 aromatic rings. The van der Waals surface area contributed by atoms with Gasteiger partial charge in [-0.2, -0.15) is 16.9 Å². The molecule has 0 spiro atoms. The van der Waals surface area contributed by atoms with Crippen LogP contribution in [0.3, 0.4) is 0 Å². The van der Waals surface area contributed by atoms with E-state index in [1.165, 1.54) is 29.7 Å². The van der Waals surface area contributed by atoms with Crippen LogP contribution in [0.4, 0.5) is 0 Å². The van der Waals surface area contributed by atoms with Crippen LogP contribution in [0, 0.1) is 0 Å². The lowest BCUT2D eigenvalue weighted by molar-refractivity contribution is 1.13. The highest BCUT2D eigenvalue weighted by Gasteiger charge is 1.92. The molecule has 0 unspecified atom stereocenters. The maximum absolute atomic E-state index is 5.37. The zero-order valence-electron chi connectivity index (χ0n) is 6.75. The Bertz CT molecular complexity index is 116. The Morgan fingerprint density at radius 1 is 1.45 bits per heavy atom. The van der Waals surface area contributed by atoms with Gasteiger partial charge in [-0.1, -0.05) is 18.7 Å². The normalized spacial score (nSPS) is 11.9. The number of thioether (sulfide) groups is 2. The van der Waals surface area contributed by atoms with Gasteiger partial charge in [-0.3, -0.25) is 0 Å². The summed E-state index contributed by atoms with van der Waals surface area (Å²) < 4.78 is 0. The minimum atomic E-state index is 0.478. The minimum absolute atomic E-state index is 0.478. The first-order chi connectivity index (χ1) is 5.31. The molecule has 0 rings (SSSR count). The van der Waals surface area contributed by atoms with Crippen LogP contribution in [0.2, 0.25) is 0 Å². The molecular weight excluding hydrogens is 178 g/mol. The van der Waals surface area contributed by atoms with Gasteiger partial charge in [0.05, 0.1) is 0 Å². The van der Waals surface area contributed by atoms with Gasteiger partial charge in [-0.15, -0.1) is 0 Å². The van der Waals surface area contributed by atoms with Crippen molar-refractivity contribution < 1.29 is 0 Å². The summed E-state index contributed by atoms with van der Waals surface area (Å²) in [5, 5.41) is 3.84. The van der Waals surface area contributed by atoms with Gasteiger partial charge in [-0.05, 0) is 17.9 Å². The van der Waals surface area contributed by atoms with Gasteiger partial charge in [0, 0.05) is 5.75 Å². The molecule has 4 N–H and O–H groups in total. The third kappa shape index (κ3) is 7.87. The minimum Gasteiger partial charge on any atom is -0.377 e. The first-order valence-corrected chi connectivity index (χ1v) is 5.69. The van der Waals surface area contributed by atoms with Crippen LogP contribution in [0.25, 0.3) is 0 Å². The van der Waals surface area contributed by atoms with Crippen molar-refractivity contribution in [1.29, 1.82) is 0 Å². The van der Waals surface area contributed by atoms with Crippen LogP contribution >= 0.6 is 23.5 Å². The fraction of sp³-hybridized carbons (Fsp3) is 0.833. The summed E-state index contributed by atoms with van der Waals surface area (Å²) in [5.41, 5.74) is 5.37. The standard InChI is InChI=1S/C6H15N3S2/c1-2-10-4-3-5-11-6(7)9-8/h2-5,8H2,1H3,(H2,7,9). The van der Waals surface area contributed by atoms with Crippen LogP contribution in [0.5, 0.6) is 0 Å². The molecule has 0 aliphatic heterocycles. The molecule has 0 saturated heterocycles. The Kier molecular flexibility index (Phi) is 8.05. The van der Waals surface area contributed by atoms with Gasteiger partial charge >= 0.3 is 0 Å². The van der Waals surface area contributed by atoms with Crippen molar-refractivity contribution in [1.82, 2.24) is 0 Å². The number of hydrogen-bond acceptors (Lipinski definition) is 4. The third-order valence-electron chi connectivity index (χ3n) is 1.01. The van der Waals surface area contributed by atoms with Crippen molar-refractivity contribution >= 4 is 28.7 Å². The molecule has 0 bridgehead atoms. The van der Waals surface area contributed by atoms with E-state index < -0.39 is 0 Å². The maximum Gasteiger partial charge on any atom is 0.177 e. The zero-order valence-corrected chi connectivity index (χ0v) is 8.38. The van der Waals surface area contributed by atoms with E-state index in [1.807, 2.05) is 11.8 Å². The average Bonchev–Trinajstić information content (AvgIpc) is 2.04. The quantitative estimate of drug-likeness (QED) is 0.225. The molecule has 0 aromatic carbocycles. The molecule has 3 nitrogen and oxygen atoms in total. The molecule has 0 radical (unpaired) electrons. The van der Waals surface area contributed by atoms with Gasteiger partial charge in [0.25, 0.3) is 0 Å². The second kappa shape index (κ2) is 8.07. The molecule has 66 valence electrons. The fourth-order valence-corrected chi connectivity index (χ4v) is 1.91. The Hall–Kier alpha value is -0.0300. The predicted octanol–water partition coefficient (Wildman–Crippen LogP) is 1.05. The summed E-state index contributed by atoms with van der Waals surface area (Å²) in [6.07, 6.45) is 1.17. The zero-order chi connectivity index (χ0) is 8.53. The first kappa shape index (κ1) is 11.0. The Morgan fingerprint density at radius 2 is 2.18 bits per heavy atom. The Labute approximate surface area is 76.4 Å². The van der Waals surface area contributed by atoms with Gasteiger partial charge < -0.3 is 11.6 Å². The lowest BCUT2D eigenvalue weighted by Gasteiger charge is -1.98. The van der Waals surface area contributed by atoms with Crippen molar-refractivity contribution in [3.8, 4) is 0 Å². The molecule has 0 saturated carbocycles. The van der Waals surface area contributed by atoms with Gasteiger partial charge in [0.1, 0.15) is 0 Å². The van der Waals surface area contributed by atoms with Crippen molar-refractivity contribution in [2.75, 3.05) is 17.3 Å². The molecule has 11 heavy (non-hydrogen) atoms. The summed E-state index contributed by atoms with van der Waals surface area (Å²) in [6, 6.07) is 0. The van der Waals surface area contributed by atoms with E-state index in [4.69, 9.17) is 11.6 Å². The number of hydrogen-bond donors (Lipinski definition) is 2. The number of hydrazone groups is 1. The molecule has 0 heterocycles. The van der Waals surface area contributed by atoms with Crippen LogP contribution in [-0.2, 0) is 0 Å². The maximum atomic E-state index is 5.37. The van der Waals surface area contributed by atoms with Crippen molar-refractivity contribution in [3.63, 3.8) is 0 Å². The number of nitrogens with two attached hydrogens (primary N) is 2.